The lowest BCUT2D eigenvalue weighted by atomic mass is 9.88. The van der Waals surface area contributed by atoms with E-state index in [0.717, 1.165) is 52.5 Å². The SMILES string of the molecule is COC(=O)BN1C[C@@H](C)N(Cc2cccc(CN3CCOCC3)c2)[C@@H](C)C1. The Bertz CT molecular complexity index is 612. The molecule has 1 aromatic carbocycles. The number of benzene rings is 1. The fourth-order valence-electron chi connectivity index (χ4n) is 4.21. The van der Waals surface area contributed by atoms with Gasteiger partial charge in [0.05, 0.1) is 20.3 Å². The predicted octanol–water partition coefficient (Wildman–Crippen LogP) is 1.53. The number of piperazine rings is 1. The summed E-state index contributed by atoms with van der Waals surface area (Å²) in [5, 5.41) is 0. The molecule has 0 unspecified atom stereocenters. The second-order valence-corrected chi connectivity index (χ2v) is 7.85. The molecule has 2 heterocycles. The third kappa shape index (κ3) is 5.78. The molecule has 0 aliphatic carbocycles. The zero-order chi connectivity index (χ0) is 19.2. The van der Waals surface area contributed by atoms with Crippen molar-refractivity contribution in [2.45, 2.75) is 39.0 Å². The van der Waals surface area contributed by atoms with Crippen LogP contribution in [-0.4, -0.2) is 86.5 Å². The van der Waals surface area contributed by atoms with Crippen molar-refractivity contribution in [1.82, 2.24) is 14.6 Å². The van der Waals surface area contributed by atoms with Crippen LogP contribution in [0.2, 0.25) is 0 Å². The summed E-state index contributed by atoms with van der Waals surface area (Å²) < 4.78 is 10.3. The predicted molar refractivity (Wildman–Crippen MR) is 108 cm³/mol. The highest BCUT2D eigenvalue weighted by Gasteiger charge is 2.31. The van der Waals surface area contributed by atoms with E-state index in [0.29, 0.717) is 19.5 Å². The van der Waals surface area contributed by atoms with Crippen molar-refractivity contribution in [1.29, 1.82) is 0 Å². The highest BCUT2D eigenvalue weighted by Crippen LogP contribution is 2.20. The quantitative estimate of drug-likeness (QED) is 0.705. The molecule has 2 aliphatic heterocycles. The molecule has 1 aromatic rings. The Labute approximate surface area is 163 Å². The lowest BCUT2D eigenvalue weighted by Gasteiger charge is -2.44. The molecule has 148 valence electrons. The number of hydrogen-bond acceptors (Lipinski definition) is 6. The Morgan fingerprint density at radius 2 is 1.78 bits per heavy atom. The van der Waals surface area contributed by atoms with Crippen molar-refractivity contribution in [3.8, 4) is 0 Å². The maximum atomic E-state index is 11.6. The first-order chi connectivity index (χ1) is 13.0. The van der Waals surface area contributed by atoms with Gasteiger partial charge in [0.25, 0.3) is 5.87 Å². The third-order valence-electron chi connectivity index (χ3n) is 5.62. The van der Waals surface area contributed by atoms with Crippen LogP contribution in [0.1, 0.15) is 25.0 Å². The first-order valence-corrected chi connectivity index (χ1v) is 9.98. The standard InChI is InChI=1S/C20H32BN3O3/c1-16-12-23(21-20(25)26-3)13-17(2)24(16)15-19-6-4-5-18(11-19)14-22-7-9-27-10-8-22/h4-6,11,16-17,21H,7-10,12-15H2,1-3H3/t16-,17+. The molecular weight excluding hydrogens is 341 g/mol. The minimum Gasteiger partial charge on any atom is -0.476 e. The van der Waals surface area contributed by atoms with E-state index in [1.165, 1.54) is 18.2 Å². The largest absolute Gasteiger partial charge is 0.476 e. The van der Waals surface area contributed by atoms with Gasteiger partial charge in [-0.1, -0.05) is 24.3 Å². The van der Waals surface area contributed by atoms with Gasteiger partial charge >= 0.3 is 7.41 Å². The number of morpholine rings is 1. The first kappa shape index (κ1) is 20.3. The van der Waals surface area contributed by atoms with E-state index in [2.05, 4.69) is 52.7 Å². The van der Waals surface area contributed by atoms with Crippen molar-refractivity contribution in [2.24, 2.45) is 0 Å². The zero-order valence-corrected chi connectivity index (χ0v) is 16.9. The third-order valence-corrected chi connectivity index (χ3v) is 5.62. The van der Waals surface area contributed by atoms with Crippen LogP contribution in [0.15, 0.2) is 24.3 Å². The minimum absolute atomic E-state index is 0.154. The van der Waals surface area contributed by atoms with Gasteiger partial charge in [-0.25, -0.2) is 0 Å². The van der Waals surface area contributed by atoms with Crippen molar-refractivity contribution >= 4 is 13.3 Å². The fraction of sp³-hybridized carbons (Fsp3) is 0.650. The molecule has 2 fully saturated rings. The molecule has 0 saturated carbocycles. The number of methoxy groups -OCH3 is 1. The smallest absolute Gasteiger partial charge is 0.341 e. The minimum atomic E-state index is -0.154. The van der Waals surface area contributed by atoms with Crippen LogP contribution in [0.5, 0.6) is 0 Å². The Morgan fingerprint density at radius 1 is 1.15 bits per heavy atom. The summed E-state index contributed by atoms with van der Waals surface area (Å²) in [6, 6.07) is 9.77. The highest BCUT2D eigenvalue weighted by molar-refractivity contribution is 6.69. The van der Waals surface area contributed by atoms with E-state index in [1.807, 2.05) is 0 Å². The van der Waals surface area contributed by atoms with Crippen LogP contribution >= 0.6 is 0 Å². The van der Waals surface area contributed by atoms with Crippen LogP contribution in [0.4, 0.5) is 4.79 Å². The average Bonchev–Trinajstić information content (AvgIpc) is 2.66. The molecule has 2 atom stereocenters. The molecule has 27 heavy (non-hydrogen) atoms. The molecule has 0 amide bonds. The van der Waals surface area contributed by atoms with Crippen molar-refractivity contribution in [3.63, 3.8) is 0 Å². The summed E-state index contributed by atoms with van der Waals surface area (Å²) in [6.45, 7) is 11.9. The summed E-state index contributed by atoms with van der Waals surface area (Å²) in [5.41, 5.74) is 2.74. The van der Waals surface area contributed by atoms with E-state index in [1.54, 1.807) is 0 Å². The van der Waals surface area contributed by atoms with Gasteiger partial charge in [-0.05, 0) is 25.0 Å². The number of hydrogen-bond donors (Lipinski definition) is 0. The second kappa shape index (κ2) is 9.69. The van der Waals surface area contributed by atoms with E-state index in [4.69, 9.17) is 9.47 Å². The molecule has 2 aliphatic rings. The number of nitrogens with zero attached hydrogens (tertiary/aromatic N) is 3. The Kier molecular flexibility index (Phi) is 7.30. The van der Waals surface area contributed by atoms with Crippen LogP contribution in [0.3, 0.4) is 0 Å². The molecular formula is C20H32BN3O3. The van der Waals surface area contributed by atoms with Gasteiger partial charge in [-0.3, -0.25) is 14.6 Å². The topological polar surface area (TPSA) is 45.2 Å². The van der Waals surface area contributed by atoms with E-state index >= 15 is 0 Å². The van der Waals surface area contributed by atoms with E-state index in [9.17, 15) is 4.79 Å². The lowest BCUT2D eigenvalue weighted by Crippen LogP contribution is -2.57. The molecule has 7 heteroatoms. The van der Waals surface area contributed by atoms with Gasteiger partial charge in [0.1, 0.15) is 0 Å². The lowest BCUT2D eigenvalue weighted by molar-refractivity contribution is 0.0341. The molecule has 2 saturated heterocycles. The molecule has 6 nitrogen and oxygen atoms in total. The Morgan fingerprint density at radius 3 is 2.41 bits per heavy atom. The van der Waals surface area contributed by atoms with Gasteiger partial charge in [0.15, 0.2) is 0 Å². The van der Waals surface area contributed by atoms with Crippen LogP contribution in [0.25, 0.3) is 0 Å². The van der Waals surface area contributed by atoms with Gasteiger partial charge in [0.2, 0.25) is 0 Å². The van der Waals surface area contributed by atoms with Crippen LogP contribution < -0.4 is 0 Å². The summed E-state index contributed by atoms with van der Waals surface area (Å²) in [7, 11) is 1.84. The average molecular weight is 373 g/mol. The Balaban J connectivity index is 1.58. The highest BCUT2D eigenvalue weighted by atomic mass is 16.5. The first-order valence-electron chi connectivity index (χ1n) is 9.98. The van der Waals surface area contributed by atoms with Crippen molar-refractivity contribution in [3.05, 3.63) is 35.4 Å². The molecule has 0 spiro atoms. The van der Waals surface area contributed by atoms with Gasteiger partial charge < -0.3 is 14.3 Å². The molecule has 3 rings (SSSR count). The molecule has 0 aromatic heterocycles. The number of rotatable bonds is 6. The van der Waals surface area contributed by atoms with E-state index < -0.39 is 0 Å². The van der Waals surface area contributed by atoms with Crippen LogP contribution in [-0.2, 0) is 22.6 Å². The molecule has 0 bridgehead atoms. The monoisotopic (exact) mass is 373 g/mol. The number of carbonyl (C=O) groups is 1. The van der Waals surface area contributed by atoms with Gasteiger partial charge in [0, 0.05) is 51.4 Å². The summed E-state index contributed by atoms with van der Waals surface area (Å²) in [5.74, 6) is -0.154. The maximum Gasteiger partial charge on any atom is 0.341 e. The van der Waals surface area contributed by atoms with Crippen molar-refractivity contribution < 1.29 is 14.3 Å². The Hall–Kier alpha value is -1.41. The summed E-state index contributed by atoms with van der Waals surface area (Å²) in [4.78, 5) is 18.8. The van der Waals surface area contributed by atoms with Crippen LogP contribution in [0, 0.1) is 0 Å². The van der Waals surface area contributed by atoms with Crippen molar-refractivity contribution in [2.75, 3.05) is 46.5 Å². The summed E-state index contributed by atoms with van der Waals surface area (Å²) in [6.07, 6.45) is 0. The normalized spacial score (nSPS) is 25.3. The number of ether oxygens (including phenoxy) is 2. The second-order valence-electron chi connectivity index (χ2n) is 7.85. The fourth-order valence-corrected chi connectivity index (χ4v) is 4.21. The summed E-state index contributed by atoms with van der Waals surface area (Å²) >= 11 is 0. The molecule has 0 radical (unpaired) electrons. The van der Waals surface area contributed by atoms with E-state index in [-0.39, 0.29) is 5.87 Å². The maximum absolute atomic E-state index is 11.6. The van der Waals surface area contributed by atoms with Gasteiger partial charge in [-0.15, -0.1) is 0 Å². The number of carbonyl (C=O) groups excluding carboxylic acids is 1. The van der Waals surface area contributed by atoms with Gasteiger partial charge in [-0.2, -0.15) is 0 Å². The zero-order valence-electron chi connectivity index (χ0n) is 16.9. The molecule has 0 N–H and O–H groups in total.